The monoisotopic (exact) mass is 704 g/mol. The number of anilines is 1. The number of ether oxygens (including phenoxy) is 3. The molecule has 9 nitrogen and oxygen atoms in total. The van der Waals surface area contributed by atoms with Gasteiger partial charge in [-0.15, -0.1) is 0 Å². The Kier molecular flexibility index (Phi) is 11.4. The van der Waals surface area contributed by atoms with E-state index >= 15 is 0 Å². The van der Waals surface area contributed by atoms with Crippen LogP contribution in [0.1, 0.15) is 41.8 Å². The van der Waals surface area contributed by atoms with Crippen LogP contribution in [0.3, 0.4) is 0 Å². The molecule has 1 aliphatic heterocycles. The molecule has 44 heavy (non-hydrogen) atoms. The number of carbonyl (C=O) groups excluding carboxylic acids is 4. The van der Waals surface area contributed by atoms with E-state index in [1.807, 2.05) is 6.92 Å². The molecule has 0 saturated carbocycles. The second kappa shape index (κ2) is 15.2. The summed E-state index contributed by atoms with van der Waals surface area (Å²) in [5, 5.41) is 2.11. The first-order valence-corrected chi connectivity index (χ1v) is 15.4. The van der Waals surface area contributed by atoms with Crippen LogP contribution in [0, 0.1) is 5.82 Å². The predicted octanol–water partition coefficient (Wildman–Crippen LogP) is 7.46. The number of carbonyl (C=O) groups is 4. The Balaban J connectivity index is 1.46. The lowest BCUT2D eigenvalue weighted by molar-refractivity contribution is -0.127. The van der Waals surface area contributed by atoms with Crippen molar-refractivity contribution >= 4 is 74.1 Å². The van der Waals surface area contributed by atoms with Gasteiger partial charge < -0.3 is 19.5 Å². The van der Waals surface area contributed by atoms with Gasteiger partial charge in [-0.1, -0.05) is 36.7 Å². The number of esters is 1. The molecule has 3 amide bonds. The van der Waals surface area contributed by atoms with Crippen LogP contribution in [0.4, 0.5) is 14.9 Å². The van der Waals surface area contributed by atoms with Gasteiger partial charge in [0.2, 0.25) is 5.91 Å². The first kappa shape index (κ1) is 33.0. The lowest BCUT2D eigenvalue weighted by Crippen LogP contribution is -2.36. The Morgan fingerprint density at radius 2 is 1.86 bits per heavy atom. The number of benzene rings is 3. The molecule has 230 valence electrons. The number of imide groups is 1. The minimum atomic E-state index is -0.651. The van der Waals surface area contributed by atoms with E-state index in [0.29, 0.717) is 51.9 Å². The van der Waals surface area contributed by atoms with E-state index in [1.54, 1.807) is 37.3 Å². The van der Waals surface area contributed by atoms with Gasteiger partial charge in [-0.2, -0.15) is 0 Å². The summed E-state index contributed by atoms with van der Waals surface area (Å²) in [7, 11) is 0. The Labute approximate surface area is 270 Å². The Hall–Kier alpha value is -3.87. The Morgan fingerprint density at radius 3 is 2.59 bits per heavy atom. The average Bonchev–Trinajstić information content (AvgIpc) is 3.24. The summed E-state index contributed by atoms with van der Waals surface area (Å²) in [6, 6.07) is 13.9. The number of halogens is 3. The van der Waals surface area contributed by atoms with Crippen LogP contribution in [0.25, 0.3) is 6.08 Å². The van der Waals surface area contributed by atoms with Gasteiger partial charge >= 0.3 is 5.97 Å². The van der Waals surface area contributed by atoms with Crippen molar-refractivity contribution in [2.24, 2.45) is 0 Å². The maximum Gasteiger partial charge on any atom is 0.339 e. The zero-order chi connectivity index (χ0) is 31.8. The molecular formula is C31H27BrClFN2O7S. The van der Waals surface area contributed by atoms with Crippen molar-refractivity contribution in [2.45, 2.75) is 26.9 Å². The minimum Gasteiger partial charge on any atom is -0.490 e. The zero-order valence-electron chi connectivity index (χ0n) is 23.7. The van der Waals surface area contributed by atoms with E-state index in [0.717, 1.165) is 4.90 Å². The van der Waals surface area contributed by atoms with Crippen molar-refractivity contribution in [3.8, 4) is 11.5 Å². The summed E-state index contributed by atoms with van der Waals surface area (Å²) in [5.41, 5.74) is 1.22. The smallest absolute Gasteiger partial charge is 0.339 e. The molecule has 0 spiro atoms. The molecular weight excluding hydrogens is 679 g/mol. The quantitative estimate of drug-likeness (QED) is 0.153. The fourth-order valence-corrected chi connectivity index (χ4v) is 5.61. The normalized spacial score (nSPS) is 13.8. The molecule has 0 aliphatic carbocycles. The van der Waals surface area contributed by atoms with Crippen LogP contribution >= 0.6 is 39.3 Å². The molecule has 0 bridgehead atoms. The lowest BCUT2D eigenvalue weighted by atomic mass is 10.1. The highest BCUT2D eigenvalue weighted by Gasteiger charge is 2.36. The molecule has 0 atom stereocenters. The van der Waals surface area contributed by atoms with Gasteiger partial charge in [0, 0.05) is 11.3 Å². The van der Waals surface area contributed by atoms with E-state index in [2.05, 4.69) is 21.2 Å². The summed E-state index contributed by atoms with van der Waals surface area (Å²) < 4.78 is 31.3. The number of rotatable bonds is 12. The fraction of sp³-hybridized carbons (Fsp3) is 0.226. The summed E-state index contributed by atoms with van der Waals surface area (Å²) in [6.07, 6.45) is 2.14. The van der Waals surface area contributed by atoms with Crippen molar-refractivity contribution in [1.82, 2.24) is 4.90 Å². The molecule has 1 N–H and O–H groups in total. The molecule has 0 radical (unpaired) electrons. The molecule has 4 rings (SSSR count). The van der Waals surface area contributed by atoms with Gasteiger partial charge in [-0.3, -0.25) is 19.3 Å². The van der Waals surface area contributed by atoms with E-state index in [-0.39, 0.29) is 34.4 Å². The topological polar surface area (TPSA) is 111 Å². The highest BCUT2D eigenvalue weighted by atomic mass is 79.9. The highest BCUT2D eigenvalue weighted by Crippen LogP contribution is 2.40. The molecule has 1 aliphatic rings. The van der Waals surface area contributed by atoms with Gasteiger partial charge in [0.15, 0.2) is 11.5 Å². The predicted molar refractivity (Wildman–Crippen MR) is 169 cm³/mol. The molecule has 3 aromatic rings. The van der Waals surface area contributed by atoms with Crippen LogP contribution in [0.15, 0.2) is 64.0 Å². The summed E-state index contributed by atoms with van der Waals surface area (Å²) in [6.45, 7) is 3.59. The number of nitrogens with one attached hydrogen (secondary N) is 1. The van der Waals surface area contributed by atoms with Crippen molar-refractivity contribution in [2.75, 3.05) is 25.1 Å². The van der Waals surface area contributed by atoms with Crippen molar-refractivity contribution < 1.29 is 37.8 Å². The summed E-state index contributed by atoms with van der Waals surface area (Å²) >= 11 is 10.3. The van der Waals surface area contributed by atoms with Crippen molar-refractivity contribution in [1.29, 1.82) is 0 Å². The summed E-state index contributed by atoms with van der Waals surface area (Å²) in [4.78, 5) is 51.7. The van der Waals surface area contributed by atoms with Gasteiger partial charge in [0.05, 0.1) is 33.2 Å². The first-order chi connectivity index (χ1) is 21.1. The number of amides is 3. The molecule has 0 unspecified atom stereocenters. The first-order valence-electron chi connectivity index (χ1n) is 13.5. The molecule has 1 heterocycles. The highest BCUT2D eigenvalue weighted by molar-refractivity contribution is 9.10. The van der Waals surface area contributed by atoms with E-state index in [9.17, 15) is 23.6 Å². The second-order valence-corrected chi connectivity index (χ2v) is 11.5. The number of hydrogen-bond acceptors (Lipinski definition) is 8. The number of hydrogen-bond donors (Lipinski definition) is 1. The fourth-order valence-electron chi connectivity index (χ4n) is 4.00. The van der Waals surface area contributed by atoms with Crippen LogP contribution in [0.2, 0.25) is 5.02 Å². The van der Waals surface area contributed by atoms with Crippen LogP contribution < -0.4 is 14.8 Å². The SMILES string of the molecule is CCCOC(=O)c1cc(NC(=O)CN2C(=O)S/C(=C\c3cc(Br)c(OCc4ccccc4F)c(OCC)c3)C2=O)ccc1Cl. The molecule has 1 fully saturated rings. The van der Waals surface area contributed by atoms with E-state index < -0.39 is 35.4 Å². The third-order valence-electron chi connectivity index (χ3n) is 6.04. The van der Waals surface area contributed by atoms with Gasteiger partial charge in [-0.05, 0) is 89.1 Å². The molecule has 3 aromatic carbocycles. The largest absolute Gasteiger partial charge is 0.490 e. The zero-order valence-corrected chi connectivity index (χ0v) is 26.8. The molecule has 1 saturated heterocycles. The lowest BCUT2D eigenvalue weighted by Gasteiger charge is -2.15. The third-order valence-corrected chi connectivity index (χ3v) is 7.87. The number of thioether (sulfide) groups is 1. The van der Waals surface area contributed by atoms with Crippen molar-refractivity contribution in [3.05, 3.63) is 91.5 Å². The molecule has 13 heteroatoms. The maximum atomic E-state index is 14.1. The van der Waals surface area contributed by atoms with E-state index in [1.165, 1.54) is 30.3 Å². The van der Waals surface area contributed by atoms with Gasteiger partial charge in [-0.25, -0.2) is 9.18 Å². The maximum absolute atomic E-state index is 14.1. The van der Waals surface area contributed by atoms with Crippen LogP contribution in [-0.4, -0.2) is 47.7 Å². The third kappa shape index (κ3) is 8.19. The van der Waals surface area contributed by atoms with E-state index in [4.69, 9.17) is 25.8 Å². The van der Waals surface area contributed by atoms with Gasteiger partial charge in [0.1, 0.15) is 19.0 Å². The van der Waals surface area contributed by atoms with Crippen LogP contribution in [-0.2, 0) is 20.9 Å². The van der Waals surface area contributed by atoms with Crippen molar-refractivity contribution in [3.63, 3.8) is 0 Å². The average molecular weight is 706 g/mol. The Morgan fingerprint density at radius 1 is 1.09 bits per heavy atom. The summed E-state index contributed by atoms with van der Waals surface area (Å²) in [5.74, 6) is -1.63. The Bertz CT molecular complexity index is 1630. The van der Waals surface area contributed by atoms with Crippen LogP contribution in [0.5, 0.6) is 11.5 Å². The minimum absolute atomic E-state index is 0.0358. The number of nitrogens with zero attached hydrogens (tertiary/aromatic N) is 1. The second-order valence-electron chi connectivity index (χ2n) is 9.29. The van der Waals surface area contributed by atoms with Gasteiger partial charge in [0.25, 0.3) is 11.1 Å². The standard InChI is InChI=1S/C31H27BrClFN2O7S/c1-3-11-42-30(39)21-15-20(9-10-23(21)33)35-27(37)16-36-29(38)26(44-31(36)40)14-18-12-22(32)28(25(13-18)41-4-2)43-17-19-7-5-6-8-24(19)34/h5-10,12-15H,3-4,11,16-17H2,1-2H3,(H,35,37)/b26-14-. The molecule has 0 aromatic heterocycles.